The Bertz CT molecular complexity index is 669. The summed E-state index contributed by atoms with van der Waals surface area (Å²) in [7, 11) is 0. The second kappa shape index (κ2) is 3.98. The van der Waals surface area contributed by atoms with Gasteiger partial charge < -0.3 is 0 Å². The summed E-state index contributed by atoms with van der Waals surface area (Å²) in [6, 6.07) is 16.6. The number of aryl methyl sites for hydroxylation is 1. The molecule has 0 atom stereocenters. The Kier molecular flexibility index (Phi) is 2.33. The Morgan fingerprint density at radius 1 is 0.882 bits per heavy atom. The summed E-state index contributed by atoms with van der Waals surface area (Å²) in [5.74, 6) is 0.801. The predicted octanol–water partition coefficient (Wildman–Crippen LogP) is 3.61. The lowest BCUT2D eigenvalue weighted by molar-refractivity contribution is 1.06. The van der Waals surface area contributed by atoms with Crippen LogP contribution >= 0.6 is 0 Å². The van der Waals surface area contributed by atoms with Crippen molar-refractivity contribution < 1.29 is 0 Å². The molecule has 0 bridgehead atoms. The lowest BCUT2D eigenvalue weighted by Crippen LogP contribution is -1.90. The number of aromatic nitrogens is 2. The van der Waals surface area contributed by atoms with Crippen LogP contribution in [0.25, 0.3) is 22.0 Å². The zero-order valence-electron chi connectivity index (χ0n) is 9.59. The third kappa shape index (κ3) is 1.78. The van der Waals surface area contributed by atoms with Crippen LogP contribution in [0.5, 0.6) is 0 Å². The molecule has 0 unspecified atom stereocenters. The smallest absolute Gasteiger partial charge is 0.125 e. The Morgan fingerprint density at radius 3 is 2.59 bits per heavy atom. The van der Waals surface area contributed by atoms with E-state index in [9.17, 15) is 0 Å². The molecule has 0 spiro atoms. The van der Waals surface area contributed by atoms with Gasteiger partial charge in [0.1, 0.15) is 5.82 Å². The summed E-state index contributed by atoms with van der Waals surface area (Å²) in [6.45, 7) is 1.91. The highest BCUT2D eigenvalue weighted by Crippen LogP contribution is 2.26. The quantitative estimate of drug-likeness (QED) is 0.626. The average Bonchev–Trinajstić information content (AvgIpc) is 2.38. The molecule has 2 aromatic carbocycles. The van der Waals surface area contributed by atoms with Gasteiger partial charge in [-0.1, -0.05) is 42.5 Å². The number of fused-ring (bicyclic) bond motifs is 1. The van der Waals surface area contributed by atoms with Gasteiger partial charge in [0.05, 0.1) is 5.69 Å². The first-order chi connectivity index (χ1) is 8.34. The summed E-state index contributed by atoms with van der Waals surface area (Å²) < 4.78 is 0. The van der Waals surface area contributed by atoms with E-state index in [2.05, 4.69) is 52.4 Å². The first-order valence-corrected chi connectivity index (χ1v) is 5.62. The Morgan fingerprint density at radius 2 is 1.71 bits per heavy atom. The first-order valence-electron chi connectivity index (χ1n) is 5.62. The third-order valence-corrected chi connectivity index (χ3v) is 2.84. The van der Waals surface area contributed by atoms with E-state index in [-0.39, 0.29) is 0 Å². The molecule has 0 fully saturated rings. The molecule has 0 N–H and O–H groups in total. The molecule has 82 valence electrons. The standard InChI is InChI=1S/C15H12N2/c1-11-16-10-9-15(17-11)14-8-4-6-12-5-2-3-7-13(12)14/h2-10H,1H3. The van der Waals surface area contributed by atoms with Crippen LogP contribution in [0.2, 0.25) is 0 Å². The van der Waals surface area contributed by atoms with Crippen molar-refractivity contribution in [1.29, 1.82) is 0 Å². The van der Waals surface area contributed by atoms with Crippen LogP contribution in [0.1, 0.15) is 5.82 Å². The lowest BCUT2D eigenvalue weighted by atomic mass is 10.0. The monoisotopic (exact) mass is 220 g/mol. The van der Waals surface area contributed by atoms with E-state index in [1.165, 1.54) is 10.8 Å². The summed E-state index contributed by atoms with van der Waals surface area (Å²) in [4.78, 5) is 8.62. The molecule has 2 heteroatoms. The number of hydrogen-bond acceptors (Lipinski definition) is 2. The van der Waals surface area contributed by atoms with Crippen molar-refractivity contribution in [2.75, 3.05) is 0 Å². The van der Waals surface area contributed by atoms with Gasteiger partial charge in [0.2, 0.25) is 0 Å². The minimum atomic E-state index is 0.801. The molecule has 0 aliphatic carbocycles. The van der Waals surface area contributed by atoms with Crippen LogP contribution in [0.3, 0.4) is 0 Å². The maximum Gasteiger partial charge on any atom is 0.125 e. The zero-order chi connectivity index (χ0) is 11.7. The van der Waals surface area contributed by atoms with Crippen molar-refractivity contribution in [3.63, 3.8) is 0 Å². The third-order valence-electron chi connectivity index (χ3n) is 2.84. The maximum atomic E-state index is 4.48. The van der Waals surface area contributed by atoms with Crippen LogP contribution in [0.4, 0.5) is 0 Å². The van der Waals surface area contributed by atoms with Crippen molar-refractivity contribution in [1.82, 2.24) is 9.97 Å². The molecule has 0 aliphatic heterocycles. The van der Waals surface area contributed by atoms with Crippen molar-refractivity contribution >= 4 is 10.8 Å². The van der Waals surface area contributed by atoms with E-state index < -0.39 is 0 Å². The van der Waals surface area contributed by atoms with Crippen molar-refractivity contribution in [2.24, 2.45) is 0 Å². The molecule has 1 aromatic heterocycles. The molecule has 1 heterocycles. The molecule has 3 rings (SSSR count). The molecular formula is C15H12N2. The minimum absolute atomic E-state index is 0.801. The SMILES string of the molecule is Cc1nccc(-c2cccc3ccccc23)n1. The van der Waals surface area contributed by atoms with E-state index >= 15 is 0 Å². The number of benzene rings is 2. The van der Waals surface area contributed by atoms with Crippen molar-refractivity contribution in [3.8, 4) is 11.3 Å². The molecule has 2 nitrogen and oxygen atoms in total. The fourth-order valence-electron chi connectivity index (χ4n) is 2.05. The molecule has 0 aliphatic rings. The first kappa shape index (κ1) is 9.97. The fourth-order valence-corrected chi connectivity index (χ4v) is 2.05. The van der Waals surface area contributed by atoms with Gasteiger partial charge in [0, 0.05) is 11.8 Å². The molecule has 0 radical (unpaired) electrons. The predicted molar refractivity (Wildman–Crippen MR) is 69.7 cm³/mol. The van der Waals surface area contributed by atoms with Crippen LogP contribution in [-0.4, -0.2) is 9.97 Å². The normalized spacial score (nSPS) is 10.6. The van der Waals surface area contributed by atoms with Gasteiger partial charge >= 0.3 is 0 Å². The highest BCUT2D eigenvalue weighted by atomic mass is 14.9. The second-order valence-electron chi connectivity index (χ2n) is 4.02. The van der Waals surface area contributed by atoms with Crippen molar-refractivity contribution in [2.45, 2.75) is 6.92 Å². The van der Waals surface area contributed by atoms with Crippen LogP contribution < -0.4 is 0 Å². The number of nitrogens with zero attached hydrogens (tertiary/aromatic N) is 2. The summed E-state index contributed by atoms with van der Waals surface area (Å²) >= 11 is 0. The van der Waals surface area contributed by atoms with Gasteiger partial charge in [0.15, 0.2) is 0 Å². The fraction of sp³-hybridized carbons (Fsp3) is 0.0667. The molecular weight excluding hydrogens is 208 g/mol. The van der Waals surface area contributed by atoms with Gasteiger partial charge in [-0.2, -0.15) is 0 Å². The number of rotatable bonds is 1. The van der Waals surface area contributed by atoms with Crippen LogP contribution in [0, 0.1) is 6.92 Å². The zero-order valence-corrected chi connectivity index (χ0v) is 9.59. The van der Waals surface area contributed by atoms with E-state index in [0.29, 0.717) is 0 Å². The van der Waals surface area contributed by atoms with Crippen LogP contribution in [-0.2, 0) is 0 Å². The Balaban J connectivity index is 2.30. The topological polar surface area (TPSA) is 25.8 Å². The second-order valence-corrected chi connectivity index (χ2v) is 4.02. The van der Waals surface area contributed by atoms with Gasteiger partial charge in [0.25, 0.3) is 0 Å². The maximum absolute atomic E-state index is 4.48. The summed E-state index contributed by atoms with van der Waals surface area (Å²) in [6.07, 6.45) is 1.80. The Hall–Kier alpha value is -2.22. The highest BCUT2D eigenvalue weighted by molar-refractivity contribution is 5.95. The number of hydrogen-bond donors (Lipinski definition) is 0. The average molecular weight is 220 g/mol. The van der Waals surface area contributed by atoms with Crippen molar-refractivity contribution in [3.05, 3.63) is 60.6 Å². The Labute approximate surface area is 100.0 Å². The van der Waals surface area contributed by atoms with E-state index in [1.807, 2.05) is 13.0 Å². The molecule has 17 heavy (non-hydrogen) atoms. The van der Waals surface area contributed by atoms with Gasteiger partial charge in [-0.15, -0.1) is 0 Å². The van der Waals surface area contributed by atoms with E-state index in [1.54, 1.807) is 6.20 Å². The van der Waals surface area contributed by atoms with E-state index in [0.717, 1.165) is 17.1 Å². The minimum Gasteiger partial charge on any atom is -0.242 e. The van der Waals surface area contributed by atoms with Gasteiger partial charge in [-0.25, -0.2) is 9.97 Å². The van der Waals surface area contributed by atoms with Gasteiger partial charge in [-0.3, -0.25) is 0 Å². The summed E-state index contributed by atoms with van der Waals surface area (Å²) in [5.41, 5.74) is 2.14. The largest absolute Gasteiger partial charge is 0.242 e. The molecule has 0 amide bonds. The van der Waals surface area contributed by atoms with Gasteiger partial charge in [-0.05, 0) is 23.8 Å². The summed E-state index contributed by atoms with van der Waals surface area (Å²) in [5, 5.41) is 2.47. The highest BCUT2D eigenvalue weighted by Gasteiger charge is 2.04. The van der Waals surface area contributed by atoms with Crippen LogP contribution in [0.15, 0.2) is 54.7 Å². The molecule has 0 saturated carbocycles. The lowest BCUT2D eigenvalue weighted by Gasteiger charge is -2.06. The molecule has 3 aromatic rings. The molecule has 0 saturated heterocycles. The van der Waals surface area contributed by atoms with E-state index in [4.69, 9.17) is 0 Å².